The molecule has 0 aliphatic rings. The van der Waals surface area contributed by atoms with E-state index in [1.807, 2.05) is 16.8 Å². The van der Waals surface area contributed by atoms with Gasteiger partial charge in [-0.15, -0.1) is 0 Å². The largest absolute Gasteiger partial charge is 0.327 e. The molecule has 0 radical (unpaired) electrons. The van der Waals surface area contributed by atoms with Gasteiger partial charge in [-0.1, -0.05) is 41.1 Å². The Morgan fingerprint density at radius 1 is 1.25 bits per heavy atom. The number of aromatic nitrogens is 2. The number of hydrogen-bond donors (Lipinski definition) is 1. The van der Waals surface area contributed by atoms with Crippen LogP contribution in [0.2, 0.25) is 0 Å². The topological polar surface area (TPSA) is 43.8 Å². The lowest BCUT2D eigenvalue weighted by Gasteiger charge is -2.12. The fraction of sp³-hybridized carbons (Fsp3) is 0.438. The van der Waals surface area contributed by atoms with E-state index < -0.39 is 0 Å². The van der Waals surface area contributed by atoms with Gasteiger partial charge in [0.15, 0.2) is 0 Å². The molecule has 108 valence electrons. The first kappa shape index (κ1) is 15.3. The summed E-state index contributed by atoms with van der Waals surface area (Å²) in [6.45, 7) is 4.35. The van der Waals surface area contributed by atoms with Crippen LogP contribution in [-0.2, 0) is 12.8 Å². The van der Waals surface area contributed by atoms with Crippen molar-refractivity contribution in [3.8, 4) is 0 Å². The maximum Gasteiger partial charge on any atom is 0.0640 e. The Morgan fingerprint density at radius 2 is 2.00 bits per heavy atom. The van der Waals surface area contributed by atoms with Gasteiger partial charge in [0, 0.05) is 29.2 Å². The quantitative estimate of drug-likeness (QED) is 0.873. The van der Waals surface area contributed by atoms with Crippen LogP contribution in [0.15, 0.2) is 41.0 Å². The molecule has 0 saturated carbocycles. The van der Waals surface area contributed by atoms with Gasteiger partial charge < -0.3 is 5.73 Å². The molecule has 2 atom stereocenters. The summed E-state index contributed by atoms with van der Waals surface area (Å²) in [4.78, 5) is 0. The summed E-state index contributed by atoms with van der Waals surface area (Å²) >= 11 is 3.57. The van der Waals surface area contributed by atoms with Gasteiger partial charge >= 0.3 is 0 Å². The number of rotatable bonds is 6. The number of nitrogens with two attached hydrogens (primary N) is 1. The molecule has 0 amide bonds. The second-order valence-electron chi connectivity index (χ2n) is 5.30. The third-order valence-electron chi connectivity index (χ3n) is 3.62. The van der Waals surface area contributed by atoms with E-state index >= 15 is 0 Å². The van der Waals surface area contributed by atoms with Crippen LogP contribution < -0.4 is 5.73 Å². The third kappa shape index (κ3) is 3.93. The molecule has 4 heteroatoms. The lowest BCUT2D eigenvalue weighted by Crippen LogP contribution is -2.26. The number of hydrogen-bond acceptors (Lipinski definition) is 2. The molecule has 2 aromatic rings. The molecular weight excluding hydrogens is 314 g/mol. The van der Waals surface area contributed by atoms with Gasteiger partial charge in [0.2, 0.25) is 0 Å². The fourth-order valence-corrected chi connectivity index (χ4v) is 2.65. The van der Waals surface area contributed by atoms with Crippen LogP contribution in [0.5, 0.6) is 0 Å². The van der Waals surface area contributed by atoms with Crippen molar-refractivity contribution in [2.75, 3.05) is 0 Å². The molecule has 0 aliphatic carbocycles. The first-order valence-electron chi connectivity index (χ1n) is 7.13. The van der Waals surface area contributed by atoms with Gasteiger partial charge in [-0.2, -0.15) is 5.10 Å². The zero-order valence-electron chi connectivity index (χ0n) is 12.1. The minimum atomic E-state index is 0.0917. The van der Waals surface area contributed by atoms with Crippen LogP contribution in [0.25, 0.3) is 0 Å². The maximum atomic E-state index is 6.25. The molecule has 0 aliphatic heterocycles. The molecule has 2 rings (SSSR count). The Kier molecular flexibility index (Phi) is 5.38. The van der Waals surface area contributed by atoms with Gasteiger partial charge in [0.25, 0.3) is 0 Å². The van der Waals surface area contributed by atoms with E-state index in [1.54, 1.807) is 0 Å². The van der Waals surface area contributed by atoms with Gasteiger partial charge in [-0.3, -0.25) is 4.68 Å². The van der Waals surface area contributed by atoms with E-state index in [9.17, 15) is 0 Å². The second-order valence-corrected chi connectivity index (χ2v) is 6.16. The lowest BCUT2D eigenvalue weighted by molar-refractivity contribution is 0.471. The van der Waals surface area contributed by atoms with Crippen LogP contribution in [0, 0.1) is 0 Å². The highest BCUT2D eigenvalue weighted by atomic mass is 79.9. The monoisotopic (exact) mass is 335 g/mol. The van der Waals surface area contributed by atoms with Crippen molar-refractivity contribution < 1.29 is 0 Å². The van der Waals surface area contributed by atoms with Crippen LogP contribution in [0.4, 0.5) is 0 Å². The van der Waals surface area contributed by atoms with E-state index in [4.69, 9.17) is 5.73 Å². The van der Waals surface area contributed by atoms with Gasteiger partial charge in [-0.25, -0.2) is 0 Å². The van der Waals surface area contributed by atoms with E-state index in [2.05, 4.69) is 59.3 Å². The van der Waals surface area contributed by atoms with Crippen molar-refractivity contribution in [2.24, 2.45) is 5.73 Å². The van der Waals surface area contributed by atoms with E-state index in [-0.39, 0.29) is 6.04 Å². The van der Waals surface area contributed by atoms with Gasteiger partial charge in [0.05, 0.1) is 5.69 Å². The first-order valence-corrected chi connectivity index (χ1v) is 7.92. The Labute approximate surface area is 129 Å². The second kappa shape index (κ2) is 7.04. The third-order valence-corrected chi connectivity index (χ3v) is 4.39. The fourth-order valence-electron chi connectivity index (χ4n) is 2.21. The molecule has 0 saturated heterocycles. The molecular formula is C16H22BrN3. The summed E-state index contributed by atoms with van der Waals surface area (Å²) in [5, 5.41) is 4.61. The standard InChI is InChI=1S/C16H22BrN3/c1-3-12(2)20-9-8-15(19-20)11-14(18)10-13-6-4-5-7-16(13)17/h4-9,12,14H,3,10-11,18H2,1-2H3. The highest BCUT2D eigenvalue weighted by Crippen LogP contribution is 2.18. The highest BCUT2D eigenvalue weighted by molar-refractivity contribution is 9.10. The van der Waals surface area contributed by atoms with Crippen molar-refractivity contribution in [1.82, 2.24) is 9.78 Å². The van der Waals surface area contributed by atoms with E-state index in [0.717, 1.165) is 29.4 Å². The molecule has 1 aromatic carbocycles. The number of benzene rings is 1. The Bertz CT molecular complexity index is 550. The minimum Gasteiger partial charge on any atom is -0.327 e. The van der Waals surface area contributed by atoms with Crippen LogP contribution in [0.3, 0.4) is 0 Å². The first-order chi connectivity index (χ1) is 9.60. The molecule has 1 heterocycles. The summed E-state index contributed by atoms with van der Waals surface area (Å²) in [7, 11) is 0. The summed E-state index contributed by atoms with van der Waals surface area (Å²) < 4.78 is 3.15. The lowest BCUT2D eigenvalue weighted by atomic mass is 10.0. The van der Waals surface area contributed by atoms with Crippen LogP contribution in [0.1, 0.15) is 37.6 Å². The Morgan fingerprint density at radius 3 is 2.70 bits per heavy atom. The highest BCUT2D eigenvalue weighted by Gasteiger charge is 2.11. The van der Waals surface area contributed by atoms with Crippen molar-refractivity contribution in [2.45, 2.75) is 45.2 Å². The number of halogens is 1. The van der Waals surface area contributed by atoms with Crippen molar-refractivity contribution >= 4 is 15.9 Å². The summed E-state index contributed by atoms with van der Waals surface area (Å²) in [6.07, 6.45) is 4.81. The predicted molar refractivity (Wildman–Crippen MR) is 86.8 cm³/mol. The molecule has 2 unspecified atom stereocenters. The molecule has 1 aromatic heterocycles. The number of nitrogens with zero attached hydrogens (tertiary/aromatic N) is 2. The van der Waals surface area contributed by atoms with E-state index in [1.165, 1.54) is 5.56 Å². The molecule has 0 bridgehead atoms. The summed E-state index contributed by atoms with van der Waals surface area (Å²) in [6, 6.07) is 10.8. The summed E-state index contributed by atoms with van der Waals surface area (Å²) in [5.74, 6) is 0. The molecule has 2 N–H and O–H groups in total. The Hall–Kier alpha value is -1.13. The van der Waals surface area contributed by atoms with Gasteiger partial charge in [-0.05, 0) is 37.5 Å². The zero-order valence-corrected chi connectivity index (χ0v) is 13.7. The van der Waals surface area contributed by atoms with Crippen LogP contribution >= 0.6 is 15.9 Å². The molecule has 0 fully saturated rings. The van der Waals surface area contributed by atoms with Crippen LogP contribution in [-0.4, -0.2) is 15.8 Å². The average Bonchev–Trinajstić information content (AvgIpc) is 2.89. The Balaban J connectivity index is 1.96. The minimum absolute atomic E-state index is 0.0917. The smallest absolute Gasteiger partial charge is 0.0640 e. The van der Waals surface area contributed by atoms with Crippen molar-refractivity contribution in [1.29, 1.82) is 0 Å². The maximum absolute atomic E-state index is 6.25. The zero-order chi connectivity index (χ0) is 14.5. The van der Waals surface area contributed by atoms with E-state index in [0.29, 0.717) is 6.04 Å². The van der Waals surface area contributed by atoms with Gasteiger partial charge in [0.1, 0.15) is 0 Å². The molecule has 0 spiro atoms. The molecule has 20 heavy (non-hydrogen) atoms. The van der Waals surface area contributed by atoms with Crippen molar-refractivity contribution in [3.63, 3.8) is 0 Å². The molecule has 3 nitrogen and oxygen atoms in total. The normalized spacial score (nSPS) is 14.2. The predicted octanol–water partition coefficient (Wildman–Crippen LogP) is 3.73. The SMILES string of the molecule is CCC(C)n1ccc(CC(N)Cc2ccccc2Br)n1. The summed E-state index contributed by atoms with van der Waals surface area (Å²) in [5.41, 5.74) is 8.58. The van der Waals surface area contributed by atoms with Crippen molar-refractivity contribution in [3.05, 3.63) is 52.3 Å². The average molecular weight is 336 g/mol.